The van der Waals surface area contributed by atoms with Crippen molar-refractivity contribution in [2.75, 3.05) is 0 Å². The number of hydrogen-bond acceptors (Lipinski definition) is 0. The largest absolute Gasteiger partial charge is 1.00 e. The zero-order valence-corrected chi connectivity index (χ0v) is 9.35. The molecule has 0 aliphatic heterocycles. The first-order valence-corrected chi connectivity index (χ1v) is 2.53. The summed E-state index contributed by atoms with van der Waals surface area (Å²) in [5.74, 6) is 0. The molecule has 0 fully saturated rings. The standard InChI is InChI=1S/C8H7.ClH.Zn/c1-2-8-6-4-3-5-7-8;;/h1-7H;1H;/p-1. The van der Waals surface area contributed by atoms with Crippen LogP contribution in [0.25, 0.3) is 6.08 Å². The molecule has 0 unspecified atom stereocenters. The van der Waals surface area contributed by atoms with Crippen LogP contribution in [0.1, 0.15) is 5.56 Å². The van der Waals surface area contributed by atoms with Crippen molar-refractivity contribution in [3.05, 3.63) is 42.5 Å². The summed E-state index contributed by atoms with van der Waals surface area (Å²) < 4.78 is 0. The maximum atomic E-state index is 5.22. The molecule has 0 N–H and O–H groups in total. The summed E-state index contributed by atoms with van der Waals surface area (Å²) in [6.45, 7) is 5.22. The second-order valence-corrected chi connectivity index (χ2v) is 1.58. The van der Waals surface area contributed by atoms with Crippen LogP contribution in [0.2, 0.25) is 0 Å². The molecule has 0 heterocycles. The van der Waals surface area contributed by atoms with E-state index in [1.54, 1.807) is 6.08 Å². The van der Waals surface area contributed by atoms with E-state index in [1.807, 2.05) is 30.3 Å². The van der Waals surface area contributed by atoms with Crippen LogP contribution in [-0.2, 0) is 19.5 Å². The zero-order valence-electron chi connectivity index (χ0n) is 5.63. The summed E-state index contributed by atoms with van der Waals surface area (Å²) in [6.07, 6.45) is 1.58. The fourth-order valence-electron chi connectivity index (χ4n) is 0.564. The molecular formula is C8H7ClZn-. The molecule has 1 radical (unpaired) electrons. The summed E-state index contributed by atoms with van der Waals surface area (Å²) in [5.41, 5.74) is 1.06. The third kappa shape index (κ3) is 3.82. The van der Waals surface area contributed by atoms with E-state index >= 15 is 0 Å². The van der Waals surface area contributed by atoms with E-state index in [2.05, 4.69) is 0 Å². The summed E-state index contributed by atoms with van der Waals surface area (Å²) in [6, 6.07) is 9.80. The molecule has 0 amide bonds. The van der Waals surface area contributed by atoms with Gasteiger partial charge in [0.15, 0.2) is 0 Å². The van der Waals surface area contributed by atoms with Crippen LogP contribution in [0, 0.1) is 6.58 Å². The van der Waals surface area contributed by atoms with Crippen LogP contribution in [0.15, 0.2) is 30.3 Å². The first-order valence-electron chi connectivity index (χ1n) is 2.53. The molecule has 0 saturated heterocycles. The van der Waals surface area contributed by atoms with Gasteiger partial charge in [0, 0.05) is 19.5 Å². The van der Waals surface area contributed by atoms with E-state index in [0.29, 0.717) is 0 Å². The molecule has 0 aliphatic carbocycles. The molecule has 0 spiro atoms. The van der Waals surface area contributed by atoms with Crippen molar-refractivity contribution in [1.82, 2.24) is 0 Å². The normalized spacial score (nSPS) is 6.80. The summed E-state index contributed by atoms with van der Waals surface area (Å²) >= 11 is 0. The Labute approximate surface area is 80.5 Å². The Bertz CT molecular complexity index is 172. The Morgan fingerprint density at radius 2 is 1.60 bits per heavy atom. The smallest absolute Gasteiger partial charge is 0 e. The molecule has 0 aliphatic rings. The van der Waals surface area contributed by atoms with Crippen molar-refractivity contribution in [3.63, 3.8) is 0 Å². The quantitative estimate of drug-likeness (QED) is 0.522. The maximum absolute atomic E-state index is 5.22. The molecule has 1 aromatic carbocycles. The Balaban J connectivity index is 0. The van der Waals surface area contributed by atoms with Gasteiger partial charge in [-0.25, -0.2) is 0 Å². The van der Waals surface area contributed by atoms with Gasteiger partial charge in [0.25, 0.3) is 0 Å². The molecule has 0 atom stereocenters. The molecule has 0 saturated carbocycles. The first kappa shape index (κ1) is 12.5. The molecule has 0 bridgehead atoms. The van der Waals surface area contributed by atoms with Gasteiger partial charge in [-0.1, -0.05) is 43.0 Å². The molecule has 0 aromatic heterocycles. The van der Waals surface area contributed by atoms with Crippen molar-refractivity contribution in [3.8, 4) is 0 Å². The summed E-state index contributed by atoms with van der Waals surface area (Å²) in [4.78, 5) is 0. The van der Waals surface area contributed by atoms with Gasteiger partial charge < -0.3 is 12.4 Å². The third-order valence-corrected chi connectivity index (χ3v) is 0.992. The summed E-state index contributed by atoms with van der Waals surface area (Å²) in [7, 11) is 0. The van der Waals surface area contributed by atoms with Gasteiger partial charge >= 0.3 is 0 Å². The third-order valence-electron chi connectivity index (χ3n) is 0.992. The zero-order chi connectivity index (χ0) is 5.82. The molecule has 1 rings (SSSR count). The van der Waals surface area contributed by atoms with E-state index in [0.717, 1.165) is 5.56 Å². The van der Waals surface area contributed by atoms with Crippen molar-refractivity contribution in [2.45, 2.75) is 0 Å². The average Bonchev–Trinajstić information content (AvgIpc) is 1.90. The first-order chi connectivity index (χ1) is 3.93. The van der Waals surface area contributed by atoms with Crippen LogP contribution < -0.4 is 12.4 Å². The minimum Gasteiger partial charge on any atom is -1.00 e. The van der Waals surface area contributed by atoms with Crippen LogP contribution in [-0.4, -0.2) is 0 Å². The summed E-state index contributed by atoms with van der Waals surface area (Å²) in [5, 5.41) is 0. The second-order valence-electron chi connectivity index (χ2n) is 1.58. The monoisotopic (exact) mass is 202 g/mol. The predicted molar refractivity (Wildman–Crippen MR) is 35.2 cm³/mol. The Morgan fingerprint density at radius 3 is 1.90 bits per heavy atom. The van der Waals surface area contributed by atoms with E-state index in [1.165, 1.54) is 0 Å². The molecule has 10 heavy (non-hydrogen) atoms. The minimum absolute atomic E-state index is 0. The predicted octanol–water partition coefficient (Wildman–Crippen LogP) is -0.866. The van der Waals surface area contributed by atoms with Gasteiger partial charge in [-0.15, -0.1) is 0 Å². The molecule has 1 aromatic rings. The molecule has 2 heteroatoms. The van der Waals surface area contributed by atoms with Crippen molar-refractivity contribution < 1.29 is 31.9 Å². The fourth-order valence-corrected chi connectivity index (χ4v) is 0.564. The number of benzene rings is 1. The van der Waals surface area contributed by atoms with E-state index in [4.69, 9.17) is 6.58 Å². The van der Waals surface area contributed by atoms with Gasteiger partial charge in [-0.2, -0.15) is 0 Å². The number of halogens is 1. The fraction of sp³-hybridized carbons (Fsp3) is 0. The minimum atomic E-state index is 0. The SMILES string of the molecule is [CH]=Cc1ccccc1.[Cl-].[Zn]. The van der Waals surface area contributed by atoms with Crippen molar-refractivity contribution >= 4 is 6.08 Å². The van der Waals surface area contributed by atoms with Gasteiger partial charge in [0.05, 0.1) is 0 Å². The van der Waals surface area contributed by atoms with Gasteiger partial charge in [-0.3, -0.25) is 0 Å². The maximum Gasteiger partial charge on any atom is 0 e. The number of hydrogen-bond donors (Lipinski definition) is 0. The Hall–Kier alpha value is -0.127. The Kier molecular flexibility index (Phi) is 8.76. The molecule has 0 nitrogen and oxygen atoms in total. The van der Waals surface area contributed by atoms with E-state index in [-0.39, 0.29) is 31.9 Å². The average molecular weight is 204 g/mol. The number of rotatable bonds is 1. The topological polar surface area (TPSA) is 0 Å². The Morgan fingerprint density at radius 1 is 1.10 bits per heavy atom. The van der Waals surface area contributed by atoms with Crippen molar-refractivity contribution in [1.29, 1.82) is 0 Å². The van der Waals surface area contributed by atoms with Crippen LogP contribution in [0.5, 0.6) is 0 Å². The van der Waals surface area contributed by atoms with Crippen molar-refractivity contribution in [2.24, 2.45) is 0 Å². The molecular weight excluding hydrogens is 197 g/mol. The van der Waals surface area contributed by atoms with Gasteiger partial charge in [0.2, 0.25) is 0 Å². The second kappa shape index (κ2) is 6.99. The van der Waals surface area contributed by atoms with Crippen LogP contribution in [0.4, 0.5) is 0 Å². The van der Waals surface area contributed by atoms with Gasteiger partial charge in [-0.05, 0) is 5.56 Å². The van der Waals surface area contributed by atoms with Crippen LogP contribution in [0.3, 0.4) is 0 Å². The molecule has 49 valence electrons. The van der Waals surface area contributed by atoms with E-state index in [9.17, 15) is 0 Å². The van der Waals surface area contributed by atoms with Crippen LogP contribution >= 0.6 is 0 Å². The van der Waals surface area contributed by atoms with Gasteiger partial charge in [0.1, 0.15) is 0 Å². The van der Waals surface area contributed by atoms with E-state index < -0.39 is 0 Å².